The standard InChI is InChI=1S/C13H22N2O/c1-9(10-2-3-10)15-12(16)11-8-13(11)4-6-14-7-5-13/h9-11,14H,2-8H2,1H3,(H,15,16). The summed E-state index contributed by atoms with van der Waals surface area (Å²) in [6.45, 7) is 4.36. The van der Waals surface area contributed by atoms with Gasteiger partial charge in [0.05, 0.1) is 0 Å². The molecule has 1 spiro atoms. The van der Waals surface area contributed by atoms with Gasteiger partial charge in [-0.2, -0.15) is 0 Å². The Kier molecular flexibility index (Phi) is 2.46. The maximum atomic E-state index is 12.1. The molecule has 0 aromatic heterocycles. The lowest BCUT2D eigenvalue weighted by Crippen LogP contribution is -2.38. The van der Waals surface area contributed by atoms with E-state index in [1.54, 1.807) is 0 Å². The van der Waals surface area contributed by atoms with Gasteiger partial charge in [-0.25, -0.2) is 0 Å². The van der Waals surface area contributed by atoms with Crippen LogP contribution >= 0.6 is 0 Å². The Hall–Kier alpha value is -0.570. The van der Waals surface area contributed by atoms with Gasteiger partial charge in [-0.15, -0.1) is 0 Å². The molecular formula is C13H22N2O. The van der Waals surface area contributed by atoms with E-state index in [-0.39, 0.29) is 0 Å². The van der Waals surface area contributed by atoms with Crippen LogP contribution in [-0.4, -0.2) is 25.0 Å². The molecule has 90 valence electrons. The van der Waals surface area contributed by atoms with E-state index in [1.165, 1.54) is 25.7 Å². The molecule has 0 radical (unpaired) electrons. The number of nitrogens with one attached hydrogen (secondary N) is 2. The highest BCUT2D eigenvalue weighted by atomic mass is 16.2. The summed E-state index contributed by atoms with van der Waals surface area (Å²) in [4.78, 5) is 12.1. The highest BCUT2D eigenvalue weighted by molar-refractivity contribution is 5.82. The smallest absolute Gasteiger partial charge is 0.223 e. The minimum atomic E-state index is 0.329. The van der Waals surface area contributed by atoms with Crippen molar-refractivity contribution in [3.05, 3.63) is 0 Å². The third-order valence-electron chi connectivity index (χ3n) is 4.80. The maximum absolute atomic E-state index is 12.1. The van der Waals surface area contributed by atoms with E-state index in [4.69, 9.17) is 0 Å². The minimum Gasteiger partial charge on any atom is -0.353 e. The van der Waals surface area contributed by atoms with Crippen molar-refractivity contribution >= 4 is 5.91 Å². The molecule has 1 aliphatic heterocycles. The zero-order valence-electron chi connectivity index (χ0n) is 10.1. The van der Waals surface area contributed by atoms with E-state index in [0.717, 1.165) is 25.4 Å². The highest BCUT2D eigenvalue weighted by Gasteiger charge is 2.57. The number of hydrogen-bond acceptors (Lipinski definition) is 2. The van der Waals surface area contributed by atoms with Gasteiger partial charge in [0.1, 0.15) is 0 Å². The topological polar surface area (TPSA) is 41.1 Å². The molecule has 2 N–H and O–H groups in total. The van der Waals surface area contributed by atoms with E-state index < -0.39 is 0 Å². The van der Waals surface area contributed by atoms with Crippen LogP contribution in [0.4, 0.5) is 0 Å². The molecule has 2 saturated carbocycles. The Morgan fingerprint density at radius 2 is 2.06 bits per heavy atom. The third kappa shape index (κ3) is 1.86. The molecule has 1 amide bonds. The van der Waals surface area contributed by atoms with Crippen LogP contribution in [0.5, 0.6) is 0 Å². The zero-order valence-corrected chi connectivity index (χ0v) is 10.1. The van der Waals surface area contributed by atoms with Crippen molar-refractivity contribution in [3.8, 4) is 0 Å². The first-order valence-corrected chi connectivity index (χ1v) is 6.72. The molecule has 1 heterocycles. The van der Waals surface area contributed by atoms with E-state index >= 15 is 0 Å². The largest absolute Gasteiger partial charge is 0.353 e. The Morgan fingerprint density at radius 1 is 1.38 bits per heavy atom. The van der Waals surface area contributed by atoms with Crippen LogP contribution in [0.2, 0.25) is 0 Å². The Bertz CT molecular complexity index is 292. The predicted octanol–water partition coefficient (Wildman–Crippen LogP) is 1.29. The van der Waals surface area contributed by atoms with Crippen molar-refractivity contribution in [2.75, 3.05) is 13.1 Å². The van der Waals surface area contributed by atoms with E-state index in [9.17, 15) is 4.79 Å². The average Bonchev–Trinajstić information content (AvgIpc) is 3.13. The summed E-state index contributed by atoms with van der Waals surface area (Å²) in [6, 6.07) is 0.409. The lowest BCUT2D eigenvalue weighted by molar-refractivity contribution is -0.124. The van der Waals surface area contributed by atoms with Gasteiger partial charge in [0.2, 0.25) is 5.91 Å². The van der Waals surface area contributed by atoms with Crippen molar-refractivity contribution in [1.29, 1.82) is 0 Å². The lowest BCUT2D eigenvalue weighted by atomic mass is 9.91. The molecule has 2 unspecified atom stereocenters. The number of amides is 1. The molecule has 3 fully saturated rings. The maximum Gasteiger partial charge on any atom is 0.223 e. The van der Waals surface area contributed by atoms with Crippen molar-refractivity contribution in [2.45, 2.75) is 45.1 Å². The molecule has 3 aliphatic rings. The molecule has 1 saturated heterocycles. The molecule has 3 heteroatoms. The number of carbonyl (C=O) groups excluding carboxylic acids is 1. The van der Waals surface area contributed by atoms with Gasteiger partial charge >= 0.3 is 0 Å². The Morgan fingerprint density at radius 3 is 2.69 bits per heavy atom. The molecule has 3 nitrogen and oxygen atoms in total. The fourth-order valence-electron chi connectivity index (χ4n) is 3.23. The van der Waals surface area contributed by atoms with Crippen LogP contribution < -0.4 is 10.6 Å². The predicted molar refractivity (Wildman–Crippen MR) is 63.0 cm³/mol. The summed E-state index contributed by atoms with van der Waals surface area (Å²) in [6.07, 6.45) is 6.14. The van der Waals surface area contributed by atoms with Gasteiger partial charge in [0.25, 0.3) is 0 Å². The van der Waals surface area contributed by atoms with Gasteiger partial charge in [-0.1, -0.05) is 0 Å². The van der Waals surface area contributed by atoms with Crippen LogP contribution in [0, 0.1) is 17.3 Å². The van der Waals surface area contributed by atoms with Gasteiger partial charge in [0, 0.05) is 12.0 Å². The summed E-state index contributed by atoms with van der Waals surface area (Å²) in [5.41, 5.74) is 0.388. The monoisotopic (exact) mass is 222 g/mol. The van der Waals surface area contributed by atoms with Crippen molar-refractivity contribution in [1.82, 2.24) is 10.6 Å². The average molecular weight is 222 g/mol. The molecule has 2 aliphatic carbocycles. The normalized spacial score (nSPS) is 33.4. The molecule has 16 heavy (non-hydrogen) atoms. The highest BCUT2D eigenvalue weighted by Crippen LogP contribution is 2.58. The molecule has 0 aromatic rings. The van der Waals surface area contributed by atoms with Crippen LogP contribution in [0.1, 0.15) is 39.0 Å². The van der Waals surface area contributed by atoms with Crippen molar-refractivity contribution in [2.24, 2.45) is 17.3 Å². The summed E-state index contributed by atoms with van der Waals surface area (Å²) < 4.78 is 0. The summed E-state index contributed by atoms with van der Waals surface area (Å²) in [5.74, 6) is 1.43. The van der Waals surface area contributed by atoms with Crippen LogP contribution in [0.3, 0.4) is 0 Å². The summed E-state index contributed by atoms with van der Waals surface area (Å²) in [7, 11) is 0. The Labute approximate surface area is 97.4 Å². The fraction of sp³-hybridized carbons (Fsp3) is 0.923. The van der Waals surface area contributed by atoms with Crippen molar-refractivity contribution in [3.63, 3.8) is 0 Å². The number of rotatable bonds is 3. The second-order valence-corrected chi connectivity index (χ2v) is 6.00. The molecule has 2 atom stereocenters. The van der Waals surface area contributed by atoms with Gasteiger partial charge < -0.3 is 10.6 Å². The van der Waals surface area contributed by atoms with E-state index in [2.05, 4.69) is 17.6 Å². The van der Waals surface area contributed by atoms with Crippen LogP contribution in [-0.2, 0) is 4.79 Å². The summed E-state index contributed by atoms with van der Waals surface area (Å²) >= 11 is 0. The van der Waals surface area contributed by atoms with Gasteiger partial charge in [-0.3, -0.25) is 4.79 Å². The molecule has 0 aromatic carbocycles. The minimum absolute atomic E-state index is 0.329. The lowest BCUT2D eigenvalue weighted by Gasteiger charge is -2.23. The quantitative estimate of drug-likeness (QED) is 0.755. The fourth-order valence-corrected chi connectivity index (χ4v) is 3.23. The van der Waals surface area contributed by atoms with Crippen LogP contribution in [0.15, 0.2) is 0 Å². The molecule has 0 bridgehead atoms. The Balaban J connectivity index is 1.52. The van der Waals surface area contributed by atoms with Crippen LogP contribution in [0.25, 0.3) is 0 Å². The van der Waals surface area contributed by atoms with Gasteiger partial charge in [0.15, 0.2) is 0 Å². The molecular weight excluding hydrogens is 200 g/mol. The van der Waals surface area contributed by atoms with Crippen molar-refractivity contribution < 1.29 is 4.79 Å². The first-order valence-electron chi connectivity index (χ1n) is 6.72. The van der Waals surface area contributed by atoms with E-state index in [1.807, 2.05) is 0 Å². The first-order chi connectivity index (χ1) is 7.71. The summed E-state index contributed by atoms with van der Waals surface area (Å²) in [5, 5.41) is 6.59. The third-order valence-corrected chi connectivity index (χ3v) is 4.80. The first kappa shape index (κ1) is 10.6. The molecule has 3 rings (SSSR count). The number of piperidine rings is 1. The second-order valence-electron chi connectivity index (χ2n) is 6.00. The van der Waals surface area contributed by atoms with Gasteiger partial charge in [-0.05, 0) is 63.5 Å². The zero-order chi connectivity index (χ0) is 11.2. The second kappa shape index (κ2) is 3.73. The SMILES string of the molecule is CC(NC(=O)C1CC12CCNCC2)C1CC1. The number of carbonyl (C=O) groups is 1. The van der Waals surface area contributed by atoms with E-state index in [0.29, 0.717) is 23.3 Å². The number of hydrogen-bond donors (Lipinski definition) is 2.